The lowest BCUT2D eigenvalue weighted by molar-refractivity contribution is -0.161. The normalized spacial score (nSPS) is 13.7. The van der Waals surface area contributed by atoms with E-state index in [0.717, 1.165) is 64.2 Å². The maximum absolute atomic E-state index is 12.6. The van der Waals surface area contributed by atoms with Gasteiger partial charge in [-0.25, -0.2) is 4.57 Å². The molecule has 2 atom stereocenters. The van der Waals surface area contributed by atoms with Gasteiger partial charge in [0, 0.05) is 19.4 Å². The van der Waals surface area contributed by atoms with E-state index in [1.165, 1.54) is 89.9 Å². The fourth-order valence-electron chi connectivity index (χ4n) is 5.71. The Kier molecular flexibility index (Phi) is 37.6. The van der Waals surface area contributed by atoms with Crippen LogP contribution in [0.3, 0.4) is 0 Å². The van der Waals surface area contributed by atoms with E-state index in [1.807, 2.05) is 0 Å². The Labute approximate surface area is 318 Å². The summed E-state index contributed by atoms with van der Waals surface area (Å²) in [6.07, 6.45) is 41.7. The number of hydrogen-bond donors (Lipinski definition) is 2. The molecule has 0 aromatic heterocycles. The van der Waals surface area contributed by atoms with Crippen molar-refractivity contribution in [2.45, 2.75) is 193 Å². The van der Waals surface area contributed by atoms with Crippen molar-refractivity contribution >= 4 is 19.8 Å². The van der Waals surface area contributed by atoms with Crippen LogP contribution < -0.4 is 5.73 Å². The molecule has 2 unspecified atom stereocenters. The van der Waals surface area contributed by atoms with Crippen molar-refractivity contribution < 1.29 is 37.6 Å². The van der Waals surface area contributed by atoms with Crippen LogP contribution in [0.25, 0.3) is 0 Å². The highest BCUT2D eigenvalue weighted by Crippen LogP contribution is 2.43. The molecule has 0 radical (unpaired) electrons. The van der Waals surface area contributed by atoms with Crippen LogP contribution in [0.5, 0.6) is 0 Å². The fraction of sp³-hybridized carbons (Fsp3) is 0.810. The molecule has 0 aliphatic heterocycles. The number of rotatable bonds is 39. The standard InChI is InChI=1S/C42H78NO8P/c1-3-5-7-9-11-13-15-17-19-20-21-23-25-27-29-31-33-35-42(45)51-40(39-50-52(46,47)49-37-36-43)38-48-41(44)34-32-30-28-26-24-22-18-16-14-12-10-8-6-4-2/h5,7,11,13,17,19,40H,3-4,6,8-10,12,14-16,18,20-39,43H2,1-2H3,(H,46,47)/b7-5-,13-11-,19-17-. The first-order valence-corrected chi connectivity index (χ1v) is 22.5. The number of phosphoric acid groups is 1. The topological polar surface area (TPSA) is 134 Å². The van der Waals surface area contributed by atoms with Gasteiger partial charge in [0.2, 0.25) is 0 Å². The minimum absolute atomic E-state index is 0.0519. The van der Waals surface area contributed by atoms with Crippen molar-refractivity contribution in [3.63, 3.8) is 0 Å². The van der Waals surface area contributed by atoms with E-state index in [-0.39, 0.29) is 38.6 Å². The summed E-state index contributed by atoms with van der Waals surface area (Å²) in [4.78, 5) is 34.8. The van der Waals surface area contributed by atoms with Gasteiger partial charge in [-0.1, -0.05) is 166 Å². The molecular weight excluding hydrogens is 677 g/mol. The van der Waals surface area contributed by atoms with Gasteiger partial charge in [-0.15, -0.1) is 0 Å². The summed E-state index contributed by atoms with van der Waals surface area (Å²) >= 11 is 0. The van der Waals surface area contributed by atoms with Crippen LogP contribution in [0.1, 0.15) is 187 Å². The number of nitrogens with two attached hydrogens (primary N) is 1. The number of carbonyl (C=O) groups excluding carboxylic acids is 2. The number of ether oxygens (including phenoxy) is 2. The molecule has 0 saturated carbocycles. The average molecular weight is 756 g/mol. The molecule has 0 saturated heterocycles. The highest BCUT2D eigenvalue weighted by molar-refractivity contribution is 7.47. The Morgan fingerprint density at radius 2 is 1.06 bits per heavy atom. The maximum Gasteiger partial charge on any atom is 0.472 e. The second-order valence-electron chi connectivity index (χ2n) is 13.8. The molecule has 0 amide bonds. The fourth-order valence-corrected chi connectivity index (χ4v) is 6.47. The summed E-state index contributed by atoms with van der Waals surface area (Å²) in [5.41, 5.74) is 5.34. The van der Waals surface area contributed by atoms with Crippen LogP contribution in [0.2, 0.25) is 0 Å². The third-order valence-electron chi connectivity index (χ3n) is 8.79. The summed E-state index contributed by atoms with van der Waals surface area (Å²) in [5, 5.41) is 0. The minimum atomic E-state index is -4.37. The largest absolute Gasteiger partial charge is 0.472 e. The lowest BCUT2D eigenvalue weighted by atomic mass is 10.0. The zero-order valence-corrected chi connectivity index (χ0v) is 34.2. The van der Waals surface area contributed by atoms with Gasteiger partial charge in [-0.2, -0.15) is 0 Å². The SMILES string of the molecule is CC/C=C\C/C=C\C/C=C\CCCCCCCCCC(=O)OC(COC(=O)CCCCCCCCCCCCCCCC)COP(=O)(O)OCCN. The first kappa shape index (κ1) is 50.2. The van der Waals surface area contributed by atoms with Crippen LogP contribution in [0.15, 0.2) is 36.5 Å². The molecule has 10 heteroatoms. The summed E-state index contributed by atoms with van der Waals surface area (Å²) < 4.78 is 32.7. The quantitative estimate of drug-likeness (QED) is 0.0272. The van der Waals surface area contributed by atoms with Crippen molar-refractivity contribution in [1.82, 2.24) is 0 Å². The van der Waals surface area contributed by atoms with Gasteiger partial charge in [0.15, 0.2) is 6.10 Å². The lowest BCUT2D eigenvalue weighted by Gasteiger charge is -2.19. The molecule has 0 heterocycles. The van der Waals surface area contributed by atoms with Gasteiger partial charge >= 0.3 is 19.8 Å². The van der Waals surface area contributed by atoms with Crippen LogP contribution in [-0.4, -0.2) is 49.3 Å². The van der Waals surface area contributed by atoms with Gasteiger partial charge in [-0.05, 0) is 44.9 Å². The van der Waals surface area contributed by atoms with Gasteiger partial charge in [0.25, 0.3) is 0 Å². The Morgan fingerprint density at radius 1 is 0.596 bits per heavy atom. The smallest absolute Gasteiger partial charge is 0.462 e. The van der Waals surface area contributed by atoms with Crippen molar-refractivity contribution in [2.75, 3.05) is 26.4 Å². The first-order valence-electron chi connectivity index (χ1n) is 21.0. The predicted octanol–water partition coefficient (Wildman–Crippen LogP) is 11.8. The Bertz CT molecular complexity index is 954. The maximum atomic E-state index is 12.6. The molecule has 0 aliphatic rings. The predicted molar refractivity (Wildman–Crippen MR) is 215 cm³/mol. The third-order valence-corrected chi connectivity index (χ3v) is 9.77. The molecule has 0 aromatic carbocycles. The molecule has 0 aliphatic carbocycles. The van der Waals surface area contributed by atoms with E-state index >= 15 is 0 Å². The van der Waals surface area contributed by atoms with Crippen LogP contribution in [-0.2, 0) is 32.7 Å². The van der Waals surface area contributed by atoms with Gasteiger partial charge in [-0.3, -0.25) is 18.6 Å². The van der Waals surface area contributed by atoms with Crippen molar-refractivity contribution in [1.29, 1.82) is 0 Å². The first-order chi connectivity index (χ1) is 25.3. The lowest BCUT2D eigenvalue weighted by Crippen LogP contribution is -2.29. The van der Waals surface area contributed by atoms with E-state index in [9.17, 15) is 19.0 Å². The number of unbranched alkanes of at least 4 members (excludes halogenated alkanes) is 20. The van der Waals surface area contributed by atoms with Crippen LogP contribution in [0.4, 0.5) is 0 Å². The summed E-state index contributed by atoms with van der Waals surface area (Å²) in [7, 11) is -4.37. The second-order valence-corrected chi connectivity index (χ2v) is 15.3. The monoisotopic (exact) mass is 756 g/mol. The summed E-state index contributed by atoms with van der Waals surface area (Å²) in [6.45, 7) is 3.62. The van der Waals surface area contributed by atoms with E-state index in [2.05, 4.69) is 50.3 Å². The van der Waals surface area contributed by atoms with Crippen LogP contribution >= 0.6 is 7.82 Å². The zero-order valence-electron chi connectivity index (χ0n) is 33.3. The van der Waals surface area contributed by atoms with E-state index in [1.54, 1.807) is 0 Å². The molecule has 0 bridgehead atoms. The number of allylic oxidation sites excluding steroid dienone is 6. The Morgan fingerprint density at radius 3 is 1.58 bits per heavy atom. The van der Waals surface area contributed by atoms with Gasteiger partial charge in [0.1, 0.15) is 6.61 Å². The summed E-state index contributed by atoms with van der Waals surface area (Å²) in [6, 6.07) is 0. The molecule has 0 spiro atoms. The van der Waals surface area contributed by atoms with Crippen LogP contribution in [0, 0.1) is 0 Å². The third kappa shape index (κ3) is 38.0. The molecule has 304 valence electrons. The number of hydrogen-bond acceptors (Lipinski definition) is 8. The highest BCUT2D eigenvalue weighted by Gasteiger charge is 2.26. The molecule has 0 fully saturated rings. The van der Waals surface area contributed by atoms with Gasteiger partial charge in [0.05, 0.1) is 13.2 Å². The van der Waals surface area contributed by atoms with E-state index in [4.69, 9.17) is 24.3 Å². The zero-order chi connectivity index (χ0) is 38.2. The van der Waals surface area contributed by atoms with Crippen molar-refractivity contribution in [3.05, 3.63) is 36.5 Å². The number of esters is 2. The van der Waals surface area contributed by atoms with Crippen molar-refractivity contribution in [3.8, 4) is 0 Å². The molecular formula is C42H78NO8P. The van der Waals surface area contributed by atoms with E-state index in [0.29, 0.717) is 6.42 Å². The summed E-state index contributed by atoms with van der Waals surface area (Å²) in [5.74, 6) is -0.836. The molecule has 3 N–H and O–H groups in total. The number of phosphoric ester groups is 1. The minimum Gasteiger partial charge on any atom is -0.462 e. The Balaban J connectivity index is 4.17. The average Bonchev–Trinajstić information content (AvgIpc) is 3.13. The van der Waals surface area contributed by atoms with E-state index < -0.39 is 26.5 Å². The molecule has 9 nitrogen and oxygen atoms in total. The number of carbonyl (C=O) groups is 2. The molecule has 52 heavy (non-hydrogen) atoms. The van der Waals surface area contributed by atoms with Crippen molar-refractivity contribution in [2.24, 2.45) is 5.73 Å². The van der Waals surface area contributed by atoms with Gasteiger partial charge < -0.3 is 20.1 Å². The molecule has 0 rings (SSSR count). The Hall–Kier alpha value is -1.77. The second kappa shape index (κ2) is 38.9. The highest BCUT2D eigenvalue weighted by atomic mass is 31.2. The molecule has 0 aromatic rings.